The Morgan fingerprint density at radius 3 is 2.39 bits per heavy atom. The molecule has 170 valence electrons. The standard InChI is InChI=1S/C22H17F3N4O4/c23-22(24,25)33-15-4-1-13(2-5-15)17-12-19(29(28-17)20(30)7-8-21(31)32)14-3-6-16-18(11-14)27-10-9-26-16/h1-6,9-11,19H,7-8,12H2,(H,31,32). The van der Waals surface area contributed by atoms with Crippen molar-refractivity contribution >= 4 is 28.6 Å². The average molecular weight is 458 g/mol. The van der Waals surface area contributed by atoms with Crippen LogP contribution in [-0.2, 0) is 9.59 Å². The molecule has 0 fully saturated rings. The molecule has 11 heteroatoms. The summed E-state index contributed by atoms with van der Waals surface area (Å²) in [6.07, 6.45) is -2.00. The highest BCUT2D eigenvalue weighted by Crippen LogP contribution is 2.35. The molecule has 1 atom stereocenters. The molecule has 0 spiro atoms. The molecule has 0 saturated carbocycles. The molecule has 2 heterocycles. The van der Waals surface area contributed by atoms with Gasteiger partial charge in [-0.1, -0.05) is 6.07 Å². The average Bonchev–Trinajstić information content (AvgIpc) is 3.22. The van der Waals surface area contributed by atoms with Crippen molar-refractivity contribution in [3.05, 3.63) is 66.0 Å². The Kier molecular flexibility index (Phi) is 5.95. The Morgan fingerprint density at radius 1 is 1.03 bits per heavy atom. The van der Waals surface area contributed by atoms with Crippen molar-refractivity contribution in [1.82, 2.24) is 15.0 Å². The SMILES string of the molecule is O=C(O)CCC(=O)N1N=C(c2ccc(OC(F)(F)F)cc2)CC1c1ccc2nccnc2c1. The van der Waals surface area contributed by atoms with Crippen LogP contribution in [0.2, 0.25) is 0 Å². The van der Waals surface area contributed by atoms with Gasteiger partial charge >= 0.3 is 12.3 Å². The summed E-state index contributed by atoms with van der Waals surface area (Å²) in [5.41, 5.74) is 3.01. The summed E-state index contributed by atoms with van der Waals surface area (Å²) in [6, 6.07) is 9.99. The van der Waals surface area contributed by atoms with Crippen molar-refractivity contribution in [2.45, 2.75) is 31.7 Å². The predicted molar refractivity (Wildman–Crippen MR) is 110 cm³/mol. The van der Waals surface area contributed by atoms with Gasteiger partial charge in [-0.3, -0.25) is 19.6 Å². The van der Waals surface area contributed by atoms with Gasteiger partial charge in [-0.25, -0.2) is 5.01 Å². The van der Waals surface area contributed by atoms with Gasteiger partial charge in [0.2, 0.25) is 5.91 Å². The van der Waals surface area contributed by atoms with E-state index < -0.39 is 24.3 Å². The number of carboxylic acids is 1. The van der Waals surface area contributed by atoms with Gasteiger partial charge in [-0.15, -0.1) is 13.2 Å². The van der Waals surface area contributed by atoms with Crippen LogP contribution in [0.5, 0.6) is 5.75 Å². The first-order valence-electron chi connectivity index (χ1n) is 9.88. The summed E-state index contributed by atoms with van der Waals surface area (Å²) in [6.45, 7) is 0. The maximum atomic E-state index is 12.8. The smallest absolute Gasteiger partial charge is 0.481 e. The largest absolute Gasteiger partial charge is 0.573 e. The van der Waals surface area contributed by atoms with Crippen LogP contribution in [0.3, 0.4) is 0 Å². The van der Waals surface area contributed by atoms with Gasteiger partial charge in [-0.05, 0) is 47.5 Å². The first-order chi connectivity index (χ1) is 15.7. The number of fused-ring (bicyclic) bond motifs is 1. The zero-order valence-electron chi connectivity index (χ0n) is 17.0. The summed E-state index contributed by atoms with van der Waals surface area (Å²) >= 11 is 0. The van der Waals surface area contributed by atoms with E-state index in [4.69, 9.17) is 5.11 Å². The molecule has 33 heavy (non-hydrogen) atoms. The van der Waals surface area contributed by atoms with Crippen LogP contribution < -0.4 is 4.74 Å². The lowest BCUT2D eigenvalue weighted by molar-refractivity contribution is -0.274. The Hall–Kier alpha value is -4.02. The van der Waals surface area contributed by atoms with E-state index in [1.54, 1.807) is 30.6 Å². The maximum absolute atomic E-state index is 12.8. The molecule has 0 bridgehead atoms. The Balaban J connectivity index is 1.63. The molecular weight excluding hydrogens is 441 g/mol. The van der Waals surface area contributed by atoms with E-state index in [9.17, 15) is 22.8 Å². The van der Waals surface area contributed by atoms with Crippen LogP contribution in [0, 0.1) is 0 Å². The highest BCUT2D eigenvalue weighted by molar-refractivity contribution is 6.03. The normalized spacial score (nSPS) is 16.0. The summed E-state index contributed by atoms with van der Waals surface area (Å²) in [5.74, 6) is -1.96. The second-order valence-electron chi connectivity index (χ2n) is 7.28. The lowest BCUT2D eigenvalue weighted by Crippen LogP contribution is -2.27. The number of carbonyl (C=O) groups is 2. The fourth-order valence-electron chi connectivity index (χ4n) is 3.54. The monoisotopic (exact) mass is 458 g/mol. The first kappa shape index (κ1) is 22.2. The number of nitrogens with zero attached hydrogens (tertiary/aromatic N) is 4. The predicted octanol–water partition coefficient (Wildman–Crippen LogP) is 4.07. The zero-order chi connectivity index (χ0) is 23.6. The van der Waals surface area contributed by atoms with Gasteiger partial charge in [0.05, 0.1) is 29.2 Å². The molecule has 1 N–H and O–H groups in total. The third kappa shape index (κ3) is 5.25. The van der Waals surface area contributed by atoms with E-state index in [2.05, 4.69) is 19.8 Å². The number of amides is 1. The van der Waals surface area contributed by atoms with E-state index >= 15 is 0 Å². The van der Waals surface area contributed by atoms with Crippen LogP contribution in [0.4, 0.5) is 13.2 Å². The minimum atomic E-state index is -4.80. The van der Waals surface area contributed by atoms with Gasteiger partial charge in [0.1, 0.15) is 5.75 Å². The van der Waals surface area contributed by atoms with Crippen LogP contribution in [-0.4, -0.2) is 44.0 Å². The molecule has 3 aromatic rings. The number of ether oxygens (including phenoxy) is 1. The van der Waals surface area contributed by atoms with Gasteiger partial charge in [0, 0.05) is 25.2 Å². The first-order valence-corrected chi connectivity index (χ1v) is 9.88. The van der Waals surface area contributed by atoms with Gasteiger partial charge in [0.15, 0.2) is 0 Å². The van der Waals surface area contributed by atoms with Crippen molar-refractivity contribution in [1.29, 1.82) is 0 Å². The second-order valence-corrected chi connectivity index (χ2v) is 7.28. The number of aromatic nitrogens is 2. The third-order valence-electron chi connectivity index (χ3n) is 5.02. The number of halogens is 3. The number of alkyl halides is 3. The van der Waals surface area contributed by atoms with Crippen molar-refractivity contribution in [3.8, 4) is 5.75 Å². The fraction of sp³-hybridized carbons (Fsp3) is 0.227. The van der Waals surface area contributed by atoms with Gasteiger partial charge in [0.25, 0.3) is 0 Å². The van der Waals surface area contributed by atoms with Gasteiger partial charge in [-0.2, -0.15) is 5.10 Å². The number of aliphatic carboxylic acids is 1. The molecule has 1 aliphatic heterocycles. The lowest BCUT2D eigenvalue weighted by Gasteiger charge is -2.22. The molecule has 8 nitrogen and oxygen atoms in total. The summed E-state index contributed by atoms with van der Waals surface area (Å²) in [4.78, 5) is 32.2. The van der Waals surface area contributed by atoms with E-state index in [1.807, 2.05) is 0 Å². The number of hydrazone groups is 1. The molecule has 0 aliphatic carbocycles. The number of hydrogen-bond acceptors (Lipinski definition) is 6. The van der Waals surface area contributed by atoms with Crippen LogP contribution in [0.1, 0.15) is 36.4 Å². The minimum Gasteiger partial charge on any atom is -0.481 e. The summed E-state index contributed by atoms with van der Waals surface area (Å²) < 4.78 is 41.2. The Morgan fingerprint density at radius 2 is 1.73 bits per heavy atom. The Labute approximate surface area is 185 Å². The highest BCUT2D eigenvalue weighted by atomic mass is 19.4. The maximum Gasteiger partial charge on any atom is 0.573 e. The van der Waals surface area contributed by atoms with Crippen molar-refractivity contribution in [2.24, 2.45) is 5.10 Å². The number of carbonyl (C=O) groups excluding carboxylic acids is 1. The molecular formula is C22H17F3N4O4. The zero-order valence-corrected chi connectivity index (χ0v) is 17.0. The molecule has 1 amide bonds. The molecule has 1 unspecified atom stereocenters. The van der Waals surface area contributed by atoms with Gasteiger partial charge < -0.3 is 9.84 Å². The minimum absolute atomic E-state index is 0.242. The number of benzene rings is 2. The molecule has 0 radical (unpaired) electrons. The fourth-order valence-corrected chi connectivity index (χ4v) is 3.54. The second kappa shape index (κ2) is 8.85. The quantitative estimate of drug-likeness (QED) is 0.597. The van der Waals surface area contributed by atoms with Crippen molar-refractivity contribution < 1.29 is 32.6 Å². The molecule has 1 aromatic heterocycles. The van der Waals surface area contributed by atoms with Crippen molar-refractivity contribution in [2.75, 3.05) is 0 Å². The summed E-state index contributed by atoms with van der Waals surface area (Å²) in [7, 11) is 0. The lowest BCUT2D eigenvalue weighted by atomic mass is 9.97. The van der Waals surface area contributed by atoms with Crippen LogP contribution in [0.15, 0.2) is 60.0 Å². The highest BCUT2D eigenvalue weighted by Gasteiger charge is 2.34. The molecule has 0 saturated heterocycles. The molecule has 2 aromatic carbocycles. The summed E-state index contributed by atoms with van der Waals surface area (Å²) in [5, 5.41) is 14.5. The van der Waals surface area contributed by atoms with E-state index in [0.29, 0.717) is 22.3 Å². The van der Waals surface area contributed by atoms with E-state index in [1.165, 1.54) is 29.3 Å². The van der Waals surface area contributed by atoms with Crippen LogP contribution in [0.25, 0.3) is 11.0 Å². The number of carboxylic acid groups (broad SMARTS) is 1. The number of rotatable bonds is 6. The van der Waals surface area contributed by atoms with E-state index in [0.717, 1.165) is 5.56 Å². The van der Waals surface area contributed by atoms with E-state index in [-0.39, 0.29) is 25.0 Å². The van der Waals surface area contributed by atoms with Crippen molar-refractivity contribution in [3.63, 3.8) is 0 Å². The Bertz CT molecular complexity index is 1230. The third-order valence-corrected chi connectivity index (χ3v) is 5.02. The molecule has 1 aliphatic rings. The topological polar surface area (TPSA) is 105 Å². The molecule has 4 rings (SSSR count). The van der Waals surface area contributed by atoms with Crippen LogP contribution >= 0.6 is 0 Å². The number of hydrogen-bond donors (Lipinski definition) is 1.